The third kappa shape index (κ3) is 2.00. The van der Waals surface area contributed by atoms with Gasteiger partial charge >= 0.3 is 0 Å². The van der Waals surface area contributed by atoms with Crippen molar-refractivity contribution in [3.05, 3.63) is 67.0 Å². The van der Waals surface area contributed by atoms with Gasteiger partial charge < -0.3 is 4.57 Å². The summed E-state index contributed by atoms with van der Waals surface area (Å²) in [5.41, 5.74) is 5.16. The van der Waals surface area contributed by atoms with Crippen molar-refractivity contribution in [3.63, 3.8) is 0 Å². The van der Waals surface area contributed by atoms with Crippen molar-refractivity contribution in [1.82, 2.24) is 28.7 Å². The third-order valence-corrected chi connectivity index (χ3v) is 4.98. The maximum absolute atomic E-state index is 4.74. The lowest BCUT2D eigenvalue weighted by molar-refractivity contribution is -0.655. The number of aromatic nitrogens is 7. The van der Waals surface area contributed by atoms with Gasteiger partial charge in [-0.2, -0.15) is 4.40 Å². The first-order chi connectivity index (χ1) is 12.8. The molecule has 1 aliphatic heterocycles. The van der Waals surface area contributed by atoms with Crippen LogP contribution in [0.25, 0.3) is 28.4 Å². The molecule has 0 atom stereocenters. The van der Waals surface area contributed by atoms with Crippen molar-refractivity contribution in [1.29, 1.82) is 0 Å². The number of rotatable bonds is 2. The molecule has 7 nitrogen and oxygen atoms in total. The molecule has 0 aromatic carbocycles. The molecule has 0 fully saturated rings. The summed E-state index contributed by atoms with van der Waals surface area (Å²) in [6.45, 7) is 1.10. The normalized spacial score (nSPS) is 13.7. The van der Waals surface area contributed by atoms with E-state index in [2.05, 4.69) is 26.9 Å². The predicted octanol–water partition coefficient (Wildman–Crippen LogP) is 2.07. The Bertz CT molecular complexity index is 1220. The van der Waals surface area contributed by atoms with Crippen LogP contribution in [0, 0.1) is 0 Å². The monoisotopic (exact) mass is 342 g/mol. The van der Waals surface area contributed by atoms with Gasteiger partial charge in [0, 0.05) is 36.1 Å². The van der Waals surface area contributed by atoms with Gasteiger partial charge in [-0.3, -0.25) is 0 Å². The van der Waals surface area contributed by atoms with Gasteiger partial charge in [0.2, 0.25) is 0 Å². The number of fused-ring (bicyclic) bond motifs is 3. The Labute approximate surface area is 148 Å². The van der Waals surface area contributed by atoms with Crippen LogP contribution in [0.15, 0.2) is 61.3 Å². The third-order valence-electron chi connectivity index (χ3n) is 4.98. The first kappa shape index (κ1) is 13.8. The molecule has 126 valence electrons. The zero-order valence-electron chi connectivity index (χ0n) is 14.0. The molecule has 5 aromatic heterocycles. The Morgan fingerprint density at radius 1 is 1.04 bits per heavy atom. The van der Waals surface area contributed by atoms with Gasteiger partial charge in [-0.1, -0.05) is 10.7 Å². The molecule has 6 heterocycles. The first-order valence-electron chi connectivity index (χ1n) is 8.75. The Morgan fingerprint density at radius 2 is 2.04 bits per heavy atom. The van der Waals surface area contributed by atoms with Gasteiger partial charge in [-0.15, -0.1) is 5.10 Å². The van der Waals surface area contributed by atoms with E-state index < -0.39 is 0 Å². The van der Waals surface area contributed by atoms with E-state index in [-0.39, 0.29) is 0 Å². The molecule has 0 N–H and O–H groups in total. The van der Waals surface area contributed by atoms with E-state index in [9.17, 15) is 0 Å². The summed E-state index contributed by atoms with van der Waals surface area (Å²) >= 11 is 0. The van der Waals surface area contributed by atoms with Gasteiger partial charge in [0.15, 0.2) is 17.2 Å². The molecule has 26 heavy (non-hydrogen) atoms. The molecular formula is C19H16N7+. The standard InChI is InChI=1S/C19H16N7/c1-2-8-25-17(5-1)20-19(22-25)14-6-9-24-13-26(21-18(24)10-14)16-11-15-4-3-7-23(15)12-16/h1-2,5-6,8-13H,3-4,7H2/q+1. The van der Waals surface area contributed by atoms with Crippen LogP contribution >= 0.6 is 0 Å². The van der Waals surface area contributed by atoms with Crippen LogP contribution in [0.3, 0.4) is 0 Å². The van der Waals surface area contributed by atoms with Crippen molar-refractivity contribution in [2.45, 2.75) is 19.4 Å². The molecule has 0 radical (unpaired) electrons. The highest BCUT2D eigenvalue weighted by Gasteiger charge is 2.18. The number of nitrogens with zero attached hydrogens (tertiary/aromatic N) is 7. The molecule has 0 unspecified atom stereocenters. The lowest BCUT2D eigenvalue weighted by Gasteiger charge is -1.91. The van der Waals surface area contributed by atoms with Crippen LogP contribution in [0.4, 0.5) is 0 Å². The zero-order chi connectivity index (χ0) is 17.1. The maximum atomic E-state index is 4.74. The molecule has 1 aliphatic rings. The molecule has 6 rings (SSSR count). The van der Waals surface area contributed by atoms with Crippen molar-refractivity contribution < 1.29 is 4.68 Å². The van der Waals surface area contributed by atoms with E-state index in [1.165, 1.54) is 12.1 Å². The van der Waals surface area contributed by atoms with E-state index in [1.54, 1.807) is 4.52 Å². The lowest BCUT2D eigenvalue weighted by atomic mass is 10.2. The molecular weight excluding hydrogens is 326 g/mol. The highest BCUT2D eigenvalue weighted by atomic mass is 15.4. The number of hydrogen-bond donors (Lipinski definition) is 0. The fourth-order valence-electron chi connectivity index (χ4n) is 3.66. The van der Waals surface area contributed by atoms with Crippen molar-refractivity contribution >= 4 is 11.3 Å². The van der Waals surface area contributed by atoms with Crippen LogP contribution in [0.5, 0.6) is 0 Å². The Balaban J connectivity index is 1.44. The lowest BCUT2D eigenvalue weighted by Crippen LogP contribution is -2.31. The number of aryl methyl sites for hydroxylation is 2. The molecule has 7 heteroatoms. The van der Waals surface area contributed by atoms with E-state index in [0.29, 0.717) is 5.82 Å². The summed E-state index contributed by atoms with van der Waals surface area (Å²) in [4.78, 5) is 4.59. The fourth-order valence-corrected chi connectivity index (χ4v) is 3.66. The van der Waals surface area contributed by atoms with Gasteiger partial charge in [0.25, 0.3) is 12.0 Å². The summed E-state index contributed by atoms with van der Waals surface area (Å²) in [5, 5.41) is 9.29. The van der Waals surface area contributed by atoms with Crippen LogP contribution in [0.1, 0.15) is 12.1 Å². The predicted molar refractivity (Wildman–Crippen MR) is 95.0 cm³/mol. The maximum Gasteiger partial charge on any atom is 0.276 e. The Kier molecular flexibility index (Phi) is 2.65. The smallest absolute Gasteiger partial charge is 0.276 e. The highest BCUT2D eigenvalue weighted by molar-refractivity contribution is 5.62. The second kappa shape index (κ2) is 5.01. The van der Waals surface area contributed by atoms with Gasteiger partial charge in [-0.25, -0.2) is 9.50 Å². The molecule has 5 aromatic rings. The molecule has 0 saturated carbocycles. The van der Waals surface area contributed by atoms with Crippen molar-refractivity contribution in [2.24, 2.45) is 0 Å². The SMILES string of the molecule is c1ccn2nc(-c3ccn4c[n+](-c5cc6n(c5)CCC6)nc4c3)nc2c1. The Hall–Kier alpha value is -3.48. The minimum atomic E-state index is 0.705. The molecule has 0 saturated heterocycles. The summed E-state index contributed by atoms with van der Waals surface area (Å²) in [6.07, 6.45) is 10.5. The van der Waals surface area contributed by atoms with Crippen molar-refractivity contribution in [2.75, 3.05) is 0 Å². The average molecular weight is 342 g/mol. The van der Waals surface area contributed by atoms with Crippen LogP contribution in [-0.2, 0) is 13.0 Å². The van der Waals surface area contributed by atoms with E-state index >= 15 is 0 Å². The van der Waals surface area contributed by atoms with Crippen LogP contribution in [-0.4, -0.2) is 28.7 Å². The quantitative estimate of drug-likeness (QED) is 0.462. The van der Waals surface area contributed by atoms with Crippen LogP contribution < -0.4 is 4.68 Å². The van der Waals surface area contributed by atoms with E-state index in [4.69, 9.17) is 5.10 Å². The molecule has 0 aliphatic carbocycles. The van der Waals surface area contributed by atoms with Crippen LogP contribution in [0.2, 0.25) is 0 Å². The largest absolute Gasteiger partial charge is 0.347 e. The first-order valence-corrected chi connectivity index (χ1v) is 8.75. The average Bonchev–Trinajstić information content (AvgIpc) is 3.40. The van der Waals surface area contributed by atoms with E-state index in [0.717, 1.165) is 35.5 Å². The fraction of sp³-hybridized carbons (Fsp3) is 0.158. The molecule has 0 bridgehead atoms. The topological polar surface area (TPSA) is 56.3 Å². The van der Waals surface area contributed by atoms with Gasteiger partial charge in [-0.05, 0) is 36.1 Å². The molecule has 0 amide bonds. The highest BCUT2D eigenvalue weighted by Crippen LogP contribution is 2.19. The van der Waals surface area contributed by atoms with Gasteiger partial charge in [0.1, 0.15) is 0 Å². The Morgan fingerprint density at radius 3 is 2.96 bits per heavy atom. The number of hydrogen-bond acceptors (Lipinski definition) is 3. The zero-order valence-corrected chi connectivity index (χ0v) is 14.0. The minimum absolute atomic E-state index is 0.705. The van der Waals surface area contributed by atoms with Crippen molar-refractivity contribution in [3.8, 4) is 17.1 Å². The molecule has 0 spiro atoms. The number of pyridine rings is 2. The summed E-state index contributed by atoms with van der Waals surface area (Å²) in [7, 11) is 0. The summed E-state index contributed by atoms with van der Waals surface area (Å²) in [6, 6.07) is 12.1. The second-order valence-corrected chi connectivity index (χ2v) is 6.67. The summed E-state index contributed by atoms with van der Waals surface area (Å²) in [5.74, 6) is 0.705. The van der Waals surface area contributed by atoms with E-state index in [1.807, 2.05) is 58.1 Å². The van der Waals surface area contributed by atoms with Gasteiger partial charge in [0.05, 0.1) is 12.4 Å². The summed E-state index contributed by atoms with van der Waals surface area (Å²) < 4.78 is 8.05. The minimum Gasteiger partial charge on any atom is -0.347 e. The second-order valence-electron chi connectivity index (χ2n) is 6.67.